The number of rotatable bonds is 5. The molecule has 1 aromatic heterocycles. The Morgan fingerprint density at radius 2 is 2.20 bits per heavy atom. The largest absolute Gasteiger partial charge is 0.478 e. The zero-order valence-corrected chi connectivity index (χ0v) is 12.6. The third-order valence-electron chi connectivity index (χ3n) is 3.25. The molecule has 0 saturated heterocycles. The Morgan fingerprint density at radius 3 is 2.75 bits per heavy atom. The third kappa shape index (κ3) is 2.60. The number of aromatic carboxylic acids is 1. The van der Waals surface area contributed by atoms with E-state index in [-0.39, 0.29) is 11.6 Å². The quantitative estimate of drug-likeness (QED) is 0.918. The SMILES string of the molecule is CCc1nc2cccc(C(=O)O)c2n1C(C)CS(C)=O. The van der Waals surface area contributed by atoms with Crippen LogP contribution in [0.15, 0.2) is 18.2 Å². The van der Waals surface area contributed by atoms with E-state index < -0.39 is 16.8 Å². The molecule has 0 aliphatic heterocycles. The molecule has 6 heteroatoms. The van der Waals surface area contributed by atoms with Crippen LogP contribution in [0.4, 0.5) is 0 Å². The van der Waals surface area contributed by atoms with Crippen molar-refractivity contribution in [1.82, 2.24) is 9.55 Å². The van der Waals surface area contributed by atoms with Crippen molar-refractivity contribution in [1.29, 1.82) is 0 Å². The molecule has 0 saturated carbocycles. The summed E-state index contributed by atoms with van der Waals surface area (Å²) in [5, 5.41) is 9.35. The van der Waals surface area contributed by atoms with E-state index in [9.17, 15) is 14.1 Å². The molecule has 20 heavy (non-hydrogen) atoms. The van der Waals surface area contributed by atoms with Crippen LogP contribution in [0.1, 0.15) is 36.1 Å². The maximum Gasteiger partial charge on any atom is 0.337 e. The lowest BCUT2D eigenvalue weighted by Crippen LogP contribution is -2.16. The average Bonchev–Trinajstić information content (AvgIpc) is 2.75. The fraction of sp³-hybridized carbons (Fsp3) is 0.429. The Hall–Kier alpha value is -1.69. The van der Waals surface area contributed by atoms with Gasteiger partial charge in [0, 0.05) is 35.3 Å². The predicted molar refractivity (Wildman–Crippen MR) is 79.7 cm³/mol. The van der Waals surface area contributed by atoms with Gasteiger partial charge in [-0.1, -0.05) is 13.0 Å². The van der Waals surface area contributed by atoms with Crippen molar-refractivity contribution in [2.75, 3.05) is 12.0 Å². The zero-order chi connectivity index (χ0) is 14.9. The molecule has 0 bridgehead atoms. The van der Waals surface area contributed by atoms with Gasteiger partial charge in [-0.25, -0.2) is 9.78 Å². The van der Waals surface area contributed by atoms with Crippen LogP contribution in [0.5, 0.6) is 0 Å². The summed E-state index contributed by atoms with van der Waals surface area (Å²) in [6.07, 6.45) is 2.35. The molecule has 108 valence electrons. The minimum atomic E-state index is -0.968. The highest BCUT2D eigenvalue weighted by atomic mass is 32.2. The van der Waals surface area contributed by atoms with Crippen molar-refractivity contribution in [3.8, 4) is 0 Å². The zero-order valence-electron chi connectivity index (χ0n) is 11.8. The van der Waals surface area contributed by atoms with Crippen molar-refractivity contribution in [3.05, 3.63) is 29.6 Å². The van der Waals surface area contributed by atoms with E-state index in [4.69, 9.17) is 0 Å². The Balaban J connectivity index is 2.72. The van der Waals surface area contributed by atoms with Gasteiger partial charge in [0.15, 0.2) is 0 Å². The number of benzene rings is 1. The highest BCUT2D eigenvalue weighted by molar-refractivity contribution is 7.84. The second-order valence-electron chi connectivity index (χ2n) is 4.82. The lowest BCUT2D eigenvalue weighted by atomic mass is 10.1. The minimum Gasteiger partial charge on any atom is -0.478 e. The van der Waals surface area contributed by atoms with Gasteiger partial charge >= 0.3 is 5.97 Å². The number of carboxylic acid groups (broad SMARTS) is 1. The molecular weight excluding hydrogens is 276 g/mol. The standard InChI is InChI=1S/C14H18N2O3S/c1-4-12-15-11-7-5-6-10(14(17)18)13(11)16(12)9(2)8-20(3)19/h5-7,9H,4,8H2,1-3H3,(H,17,18). The number of carbonyl (C=O) groups is 1. The third-order valence-corrected chi connectivity index (χ3v) is 4.20. The summed E-state index contributed by atoms with van der Waals surface area (Å²) in [7, 11) is -0.947. The van der Waals surface area contributed by atoms with E-state index in [1.807, 2.05) is 24.5 Å². The van der Waals surface area contributed by atoms with Crippen LogP contribution < -0.4 is 0 Å². The van der Waals surface area contributed by atoms with E-state index in [0.29, 0.717) is 23.2 Å². The Kier molecular flexibility index (Phi) is 4.23. The molecule has 0 radical (unpaired) electrons. The van der Waals surface area contributed by atoms with Crippen LogP contribution in [0.3, 0.4) is 0 Å². The number of para-hydroxylation sites is 1. The Bertz CT molecular complexity index is 678. The Labute approximate surface area is 120 Å². The fourth-order valence-corrected chi connectivity index (χ4v) is 3.34. The van der Waals surface area contributed by atoms with Gasteiger partial charge in [-0.15, -0.1) is 0 Å². The summed E-state index contributed by atoms with van der Waals surface area (Å²) >= 11 is 0. The van der Waals surface area contributed by atoms with Gasteiger partial charge in [-0.3, -0.25) is 4.21 Å². The molecule has 0 aliphatic carbocycles. The van der Waals surface area contributed by atoms with Gasteiger partial charge < -0.3 is 9.67 Å². The molecule has 0 aliphatic rings. The van der Waals surface area contributed by atoms with Gasteiger partial charge in [0.05, 0.1) is 16.6 Å². The first kappa shape index (κ1) is 14.7. The first-order chi connectivity index (χ1) is 9.45. The first-order valence-electron chi connectivity index (χ1n) is 6.48. The van der Waals surface area contributed by atoms with E-state index >= 15 is 0 Å². The van der Waals surface area contributed by atoms with Crippen molar-refractivity contribution in [2.24, 2.45) is 0 Å². The van der Waals surface area contributed by atoms with Crippen molar-refractivity contribution < 1.29 is 14.1 Å². The van der Waals surface area contributed by atoms with E-state index in [1.54, 1.807) is 18.4 Å². The molecule has 1 aromatic carbocycles. The molecule has 2 unspecified atom stereocenters. The molecule has 2 aromatic rings. The second-order valence-corrected chi connectivity index (χ2v) is 6.30. The topological polar surface area (TPSA) is 72.2 Å². The summed E-state index contributed by atoms with van der Waals surface area (Å²) < 4.78 is 13.4. The lowest BCUT2D eigenvalue weighted by molar-refractivity contribution is 0.0698. The second kappa shape index (κ2) is 5.75. The van der Waals surface area contributed by atoms with Gasteiger partial charge in [-0.2, -0.15) is 0 Å². The molecule has 0 amide bonds. The van der Waals surface area contributed by atoms with Crippen LogP contribution in [0.2, 0.25) is 0 Å². The summed E-state index contributed by atoms with van der Waals surface area (Å²) in [6, 6.07) is 5.04. The number of imidazole rings is 1. The number of hydrogen-bond acceptors (Lipinski definition) is 3. The molecule has 2 atom stereocenters. The van der Waals surface area contributed by atoms with E-state index in [2.05, 4.69) is 4.98 Å². The minimum absolute atomic E-state index is 0.0544. The molecule has 5 nitrogen and oxygen atoms in total. The maximum atomic E-state index is 11.5. The lowest BCUT2D eigenvalue weighted by Gasteiger charge is -2.17. The highest BCUT2D eigenvalue weighted by Crippen LogP contribution is 2.25. The van der Waals surface area contributed by atoms with Crippen LogP contribution in [0, 0.1) is 0 Å². The van der Waals surface area contributed by atoms with Crippen molar-refractivity contribution in [2.45, 2.75) is 26.3 Å². The smallest absolute Gasteiger partial charge is 0.337 e. The number of aromatic nitrogens is 2. The van der Waals surface area contributed by atoms with E-state index in [1.165, 1.54) is 0 Å². The number of hydrogen-bond donors (Lipinski definition) is 1. The predicted octanol–water partition coefficient (Wildman–Crippen LogP) is 2.24. The molecule has 1 heterocycles. The molecule has 0 spiro atoms. The summed E-state index contributed by atoms with van der Waals surface area (Å²) in [4.78, 5) is 15.9. The average molecular weight is 294 g/mol. The fourth-order valence-electron chi connectivity index (χ4n) is 2.51. The molecular formula is C14H18N2O3S. The molecule has 2 rings (SSSR count). The monoisotopic (exact) mass is 294 g/mol. The van der Waals surface area contributed by atoms with Crippen LogP contribution in [-0.2, 0) is 17.2 Å². The van der Waals surface area contributed by atoms with Gasteiger partial charge in [0.1, 0.15) is 5.82 Å². The van der Waals surface area contributed by atoms with Gasteiger partial charge in [-0.05, 0) is 19.1 Å². The van der Waals surface area contributed by atoms with Crippen LogP contribution >= 0.6 is 0 Å². The van der Waals surface area contributed by atoms with Gasteiger partial charge in [0.25, 0.3) is 0 Å². The first-order valence-corrected chi connectivity index (χ1v) is 8.21. The van der Waals surface area contributed by atoms with Crippen LogP contribution in [0.25, 0.3) is 11.0 Å². The summed E-state index contributed by atoms with van der Waals surface area (Å²) in [5.74, 6) is 0.336. The highest BCUT2D eigenvalue weighted by Gasteiger charge is 2.20. The van der Waals surface area contributed by atoms with Gasteiger partial charge in [0.2, 0.25) is 0 Å². The molecule has 1 N–H and O–H groups in total. The van der Waals surface area contributed by atoms with Crippen molar-refractivity contribution in [3.63, 3.8) is 0 Å². The normalized spacial score (nSPS) is 14.3. The summed E-state index contributed by atoms with van der Waals surface area (Å²) in [5.41, 5.74) is 1.54. The van der Waals surface area contributed by atoms with Crippen LogP contribution in [-0.4, -0.2) is 36.8 Å². The maximum absolute atomic E-state index is 11.5. The van der Waals surface area contributed by atoms with Crippen molar-refractivity contribution >= 4 is 27.8 Å². The number of carboxylic acids is 1. The van der Waals surface area contributed by atoms with E-state index in [0.717, 1.165) is 5.82 Å². The molecule has 0 fully saturated rings. The summed E-state index contributed by atoms with van der Waals surface area (Å²) in [6.45, 7) is 3.92. The number of nitrogens with zero attached hydrogens (tertiary/aromatic N) is 2. The number of aryl methyl sites for hydroxylation is 1. The number of fused-ring (bicyclic) bond motifs is 1. The Morgan fingerprint density at radius 1 is 1.50 bits per heavy atom.